The molecule has 140 valence electrons. The Balaban J connectivity index is 1.59. The van der Waals surface area contributed by atoms with Crippen molar-refractivity contribution in [3.05, 3.63) is 69.8 Å². The molecule has 0 bridgehead atoms. The van der Waals surface area contributed by atoms with E-state index < -0.39 is 4.92 Å². The summed E-state index contributed by atoms with van der Waals surface area (Å²) in [5.41, 5.74) is 3.69. The maximum atomic E-state index is 12.1. The van der Waals surface area contributed by atoms with Crippen LogP contribution in [-0.4, -0.2) is 30.4 Å². The molecule has 3 rings (SSSR count). The average Bonchev–Trinajstić information content (AvgIpc) is 3.24. The van der Waals surface area contributed by atoms with Gasteiger partial charge in [-0.25, -0.2) is 4.68 Å². The van der Waals surface area contributed by atoms with Crippen LogP contribution in [0.1, 0.15) is 23.4 Å². The summed E-state index contributed by atoms with van der Waals surface area (Å²) in [4.78, 5) is 22.2. The molecule has 27 heavy (non-hydrogen) atoms. The summed E-state index contributed by atoms with van der Waals surface area (Å²) in [7, 11) is 0. The Morgan fingerprint density at radius 2 is 2.00 bits per heavy atom. The molecule has 0 atom stereocenters. The highest BCUT2D eigenvalue weighted by Crippen LogP contribution is 2.17. The van der Waals surface area contributed by atoms with Gasteiger partial charge in [-0.3, -0.25) is 19.6 Å². The highest BCUT2D eigenvalue weighted by molar-refractivity contribution is 5.75. The third-order valence-electron chi connectivity index (χ3n) is 4.30. The first-order chi connectivity index (χ1) is 13.0. The van der Waals surface area contributed by atoms with Gasteiger partial charge < -0.3 is 5.32 Å². The molecule has 2 heterocycles. The number of benzene rings is 1. The fraction of sp³-hybridized carbons (Fsp3) is 0.278. The van der Waals surface area contributed by atoms with Gasteiger partial charge in [0.1, 0.15) is 12.4 Å². The van der Waals surface area contributed by atoms with Gasteiger partial charge in [0.15, 0.2) is 0 Å². The zero-order chi connectivity index (χ0) is 19.4. The van der Waals surface area contributed by atoms with Crippen LogP contribution in [0, 0.1) is 24.0 Å². The molecule has 9 heteroatoms. The van der Waals surface area contributed by atoms with E-state index >= 15 is 0 Å². The number of amides is 1. The molecule has 0 aliphatic rings. The van der Waals surface area contributed by atoms with Gasteiger partial charge in [0, 0.05) is 30.8 Å². The Kier molecular flexibility index (Phi) is 5.30. The van der Waals surface area contributed by atoms with Crippen molar-refractivity contribution in [1.29, 1.82) is 0 Å². The van der Waals surface area contributed by atoms with E-state index in [0.717, 1.165) is 22.6 Å². The van der Waals surface area contributed by atoms with Crippen LogP contribution in [0.4, 0.5) is 5.69 Å². The molecule has 9 nitrogen and oxygen atoms in total. The Hall–Kier alpha value is -3.49. The third kappa shape index (κ3) is 4.20. The topological polar surface area (TPSA) is 108 Å². The number of carbonyl (C=O) groups excluding carboxylic acids is 1. The molecule has 0 saturated carbocycles. The van der Waals surface area contributed by atoms with Gasteiger partial charge in [-0.2, -0.15) is 10.2 Å². The molecule has 0 spiro atoms. The van der Waals surface area contributed by atoms with Crippen LogP contribution >= 0.6 is 0 Å². The molecule has 0 radical (unpaired) electrons. The van der Waals surface area contributed by atoms with E-state index in [9.17, 15) is 14.9 Å². The van der Waals surface area contributed by atoms with Crippen molar-refractivity contribution in [2.24, 2.45) is 0 Å². The van der Waals surface area contributed by atoms with E-state index in [-0.39, 0.29) is 24.6 Å². The third-order valence-corrected chi connectivity index (χ3v) is 4.30. The second-order valence-corrected chi connectivity index (χ2v) is 6.14. The van der Waals surface area contributed by atoms with Crippen molar-refractivity contribution in [3.8, 4) is 5.69 Å². The van der Waals surface area contributed by atoms with E-state index in [1.54, 1.807) is 0 Å². The number of aromatic nitrogens is 4. The molecule has 0 unspecified atom stereocenters. The fourth-order valence-corrected chi connectivity index (χ4v) is 2.81. The van der Waals surface area contributed by atoms with E-state index in [4.69, 9.17) is 0 Å². The first-order valence-corrected chi connectivity index (χ1v) is 8.50. The number of rotatable bonds is 7. The molecular formula is C18H20N6O3. The highest BCUT2D eigenvalue weighted by atomic mass is 16.6. The second-order valence-electron chi connectivity index (χ2n) is 6.14. The number of hydrogen-bond acceptors (Lipinski definition) is 5. The molecule has 0 saturated heterocycles. The van der Waals surface area contributed by atoms with Gasteiger partial charge in [0.25, 0.3) is 0 Å². The number of hydrogen-bond donors (Lipinski definition) is 1. The first kappa shape index (κ1) is 18.3. The molecule has 1 N–H and O–H groups in total. The summed E-state index contributed by atoms with van der Waals surface area (Å²) < 4.78 is 3.25. The first-order valence-electron chi connectivity index (χ1n) is 8.50. The van der Waals surface area contributed by atoms with Crippen molar-refractivity contribution >= 4 is 11.6 Å². The predicted octanol–water partition coefficient (Wildman–Crippen LogP) is 2.30. The predicted molar refractivity (Wildman–Crippen MR) is 98.4 cm³/mol. The molecule has 2 aromatic heterocycles. The van der Waals surface area contributed by atoms with Crippen molar-refractivity contribution < 1.29 is 9.72 Å². The van der Waals surface area contributed by atoms with E-state index in [1.165, 1.54) is 17.1 Å². The lowest BCUT2D eigenvalue weighted by molar-refractivity contribution is -0.385. The number of nitrogens with zero attached hydrogens (tertiary/aromatic N) is 5. The lowest BCUT2D eigenvalue weighted by atomic mass is 10.2. The van der Waals surface area contributed by atoms with Crippen LogP contribution in [0.2, 0.25) is 0 Å². The summed E-state index contributed by atoms with van der Waals surface area (Å²) in [5.74, 6) is -0.153. The van der Waals surface area contributed by atoms with Crippen molar-refractivity contribution in [2.75, 3.05) is 0 Å². The quantitative estimate of drug-likeness (QED) is 0.508. The summed E-state index contributed by atoms with van der Waals surface area (Å²) in [6, 6.07) is 9.81. The number of carbonyl (C=O) groups is 1. The number of para-hydroxylation sites is 1. The second kappa shape index (κ2) is 7.81. The molecule has 0 aliphatic heterocycles. The maximum absolute atomic E-state index is 12.1. The van der Waals surface area contributed by atoms with Crippen LogP contribution in [-0.2, 0) is 17.9 Å². The minimum absolute atomic E-state index is 0.0880. The fourth-order valence-electron chi connectivity index (χ4n) is 2.81. The summed E-state index contributed by atoms with van der Waals surface area (Å²) in [6.07, 6.45) is 2.66. The molecule has 3 aromatic rings. The monoisotopic (exact) mass is 368 g/mol. The van der Waals surface area contributed by atoms with Crippen molar-refractivity contribution in [2.45, 2.75) is 33.4 Å². The SMILES string of the molecule is Cc1nn(-c2ccccc2)c(C)c1CNC(=O)CCn1cc([N+](=O)[O-])cn1. The van der Waals surface area contributed by atoms with E-state index in [2.05, 4.69) is 15.5 Å². The van der Waals surface area contributed by atoms with Gasteiger partial charge in [0.05, 0.1) is 16.3 Å². The molecular weight excluding hydrogens is 348 g/mol. The van der Waals surface area contributed by atoms with Crippen LogP contribution in [0.15, 0.2) is 42.7 Å². The lowest BCUT2D eigenvalue weighted by Crippen LogP contribution is -2.24. The number of nitrogens with one attached hydrogen (secondary N) is 1. The Labute approximate surface area is 155 Å². The molecule has 0 fully saturated rings. The minimum atomic E-state index is -0.514. The maximum Gasteiger partial charge on any atom is 0.306 e. The molecule has 0 aliphatic carbocycles. The zero-order valence-electron chi connectivity index (χ0n) is 15.1. The zero-order valence-corrected chi connectivity index (χ0v) is 15.1. The van der Waals surface area contributed by atoms with Crippen LogP contribution in [0.3, 0.4) is 0 Å². The lowest BCUT2D eigenvalue weighted by Gasteiger charge is -2.07. The summed E-state index contributed by atoms with van der Waals surface area (Å²) >= 11 is 0. The van der Waals surface area contributed by atoms with Gasteiger partial charge in [0.2, 0.25) is 5.91 Å². The van der Waals surface area contributed by atoms with Gasteiger partial charge >= 0.3 is 5.69 Å². The van der Waals surface area contributed by atoms with Crippen LogP contribution in [0.5, 0.6) is 0 Å². The Morgan fingerprint density at radius 3 is 2.67 bits per heavy atom. The standard InChI is InChI=1S/C18H20N6O3/c1-13-17(14(2)23(21-13)15-6-4-3-5-7-15)11-19-18(25)8-9-22-12-16(10-20-22)24(26)27/h3-7,10,12H,8-9,11H2,1-2H3,(H,19,25). The Bertz CT molecular complexity index is 961. The van der Waals surface area contributed by atoms with Gasteiger partial charge in [-0.15, -0.1) is 0 Å². The van der Waals surface area contributed by atoms with Gasteiger partial charge in [-0.1, -0.05) is 18.2 Å². The number of aryl methyl sites for hydroxylation is 2. The normalized spacial score (nSPS) is 10.7. The summed E-state index contributed by atoms with van der Waals surface area (Å²) in [6.45, 7) is 4.54. The van der Waals surface area contributed by atoms with Gasteiger partial charge in [-0.05, 0) is 26.0 Å². The van der Waals surface area contributed by atoms with Crippen molar-refractivity contribution in [1.82, 2.24) is 24.9 Å². The molecule has 1 amide bonds. The van der Waals surface area contributed by atoms with Crippen LogP contribution < -0.4 is 5.32 Å². The highest BCUT2D eigenvalue weighted by Gasteiger charge is 2.14. The van der Waals surface area contributed by atoms with Crippen LogP contribution in [0.25, 0.3) is 5.69 Å². The average molecular weight is 368 g/mol. The Morgan fingerprint density at radius 1 is 1.26 bits per heavy atom. The van der Waals surface area contributed by atoms with E-state index in [1.807, 2.05) is 48.9 Å². The largest absolute Gasteiger partial charge is 0.352 e. The molecule has 1 aromatic carbocycles. The van der Waals surface area contributed by atoms with E-state index in [0.29, 0.717) is 6.54 Å². The van der Waals surface area contributed by atoms with Crippen molar-refractivity contribution in [3.63, 3.8) is 0 Å². The number of nitro groups is 1. The summed E-state index contributed by atoms with van der Waals surface area (Å²) in [5, 5.41) is 22.0. The smallest absolute Gasteiger partial charge is 0.306 e. The minimum Gasteiger partial charge on any atom is -0.352 e.